The number of rotatable bonds is 3. The van der Waals surface area contributed by atoms with Crippen LogP contribution >= 0.6 is 0 Å². The summed E-state index contributed by atoms with van der Waals surface area (Å²) in [6.45, 7) is 0. The molecule has 1 fully saturated rings. The van der Waals surface area contributed by atoms with Gasteiger partial charge >= 0.3 is 0 Å². The highest BCUT2D eigenvalue weighted by Crippen LogP contribution is 2.39. The van der Waals surface area contributed by atoms with Crippen molar-refractivity contribution in [1.29, 1.82) is 0 Å². The van der Waals surface area contributed by atoms with Gasteiger partial charge in [0.25, 0.3) is 0 Å². The molecular weight excluding hydrogens is 242 g/mol. The predicted molar refractivity (Wildman–Crippen MR) is 85.7 cm³/mol. The van der Waals surface area contributed by atoms with E-state index in [0.29, 0.717) is 0 Å². The van der Waals surface area contributed by atoms with Gasteiger partial charge in [-0.15, -0.1) is 0 Å². The fourth-order valence-electron chi connectivity index (χ4n) is 3.23. The zero-order valence-corrected chi connectivity index (χ0v) is 11.5. The van der Waals surface area contributed by atoms with Crippen molar-refractivity contribution in [2.24, 2.45) is 11.7 Å². The van der Waals surface area contributed by atoms with Crippen LogP contribution in [0.4, 0.5) is 0 Å². The summed E-state index contributed by atoms with van der Waals surface area (Å²) in [6, 6.07) is 19.7. The van der Waals surface area contributed by atoms with Gasteiger partial charge in [0.1, 0.15) is 0 Å². The van der Waals surface area contributed by atoms with E-state index in [4.69, 9.17) is 5.73 Å². The van der Waals surface area contributed by atoms with Crippen LogP contribution in [-0.2, 0) is 0 Å². The minimum absolute atomic E-state index is 0.164. The van der Waals surface area contributed by atoms with Crippen molar-refractivity contribution in [2.45, 2.75) is 25.3 Å². The third-order valence-electron chi connectivity index (χ3n) is 4.48. The Morgan fingerprint density at radius 1 is 0.900 bits per heavy atom. The molecule has 1 aliphatic rings. The van der Waals surface area contributed by atoms with Crippen molar-refractivity contribution < 1.29 is 0 Å². The van der Waals surface area contributed by atoms with Crippen LogP contribution < -0.4 is 5.73 Å². The minimum Gasteiger partial charge on any atom is -0.324 e. The summed E-state index contributed by atoms with van der Waals surface area (Å²) in [5.74, 6) is 0.857. The van der Waals surface area contributed by atoms with Crippen LogP contribution in [-0.4, -0.2) is 0 Å². The summed E-state index contributed by atoms with van der Waals surface area (Å²) in [5.41, 5.74) is 7.80. The first-order chi connectivity index (χ1) is 9.83. The lowest BCUT2D eigenvalue weighted by atomic mass is 9.92. The lowest BCUT2D eigenvalue weighted by Gasteiger charge is -2.16. The molecule has 0 radical (unpaired) electrons. The first-order valence-corrected chi connectivity index (χ1v) is 7.49. The summed E-state index contributed by atoms with van der Waals surface area (Å²) in [7, 11) is 0. The van der Waals surface area contributed by atoms with Gasteiger partial charge < -0.3 is 5.73 Å². The molecule has 2 N–H and O–H groups in total. The molecule has 0 unspecified atom stereocenters. The molecule has 1 atom stereocenters. The van der Waals surface area contributed by atoms with Crippen LogP contribution in [0.5, 0.6) is 0 Å². The third-order valence-corrected chi connectivity index (χ3v) is 4.48. The van der Waals surface area contributed by atoms with E-state index in [2.05, 4.69) is 54.6 Å². The van der Waals surface area contributed by atoms with Crippen molar-refractivity contribution >= 4 is 21.5 Å². The Morgan fingerprint density at radius 3 is 2.30 bits per heavy atom. The second kappa shape index (κ2) is 4.60. The zero-order chi connectivity index (χ0) is 13.5. The molecule has 4 rings (SSSR count). The molecule has 0 aromatic heterocycles. The van der Waals surface area contributed by atoms with Crippen LogP contribution in [0.1, 0.15) is 30.9 Å². The average Bonchev–Trinajstić information content (AvgIpc) is 3.30. The molecular formula is C19H19N. The summed E-state index contributed by atoms with van der Waals surface area (Å²) in [4.78, 5) is 0. The van der Waals surface area contributed by atoms with E-state index in [1.807, 2.05) is 0 Å². The zero-order valence-electron chi connectivity index (χ0n) is 11.5. The minimum atomic E-state index is 0.164. The van der Waals surface area contributed by atoms with Gasteiger partial charge in [-0.2, -0.15) is 0 Å². The number of hydrogen-bond acceptors (Lipinski definition) is 1. The highest BCUT2D eigenvalue weighted by Gasteiger charge is 2.25. The maximum absolute atomic E-state index is 6.49. The number of hydrogen-bond donors (Lipinski definition) is 1. The van der Waals surface area contributed by atoms with Crippen LogP contribution in [0.3, 0.4) is 0 Å². The highest BCUT2D eigenvalue weighted by atomic mass is 14.6. The van der Waals surface area contributed by atoms with Crippen molar-refractivity contribution in [3.63, 3.8) is 0 Å². The Bertz CT molecular complexity index is 771. The second-order valence-corrected chi connectivity index (χ2v) is 6.02. The van der Waals surface area contributed by atoms with Crippen LogP contribution in [0.2, 0.25) is 0 Å². The topological polar surface area (TPSA) is 26.0 Å². The van der Waals surface area contributed by atoms with E-state index in [0.717, 1.165) is 12.3 Å². The molecule has 1 nitrogen and oxygen atoms in total. The molecule has 0 aliphatic heterocycles. The van der Waals surface area contributed by atoms with Gasteiger partial charge in [-0.1, -0.05) is 61.4 Å². The second-order valence-electron chi connectivity index (χ2n) is 6.02. The van der Waals surface area contributed by atoms with Crippen molar-refractivity contribution in [3.05, 3.63) is 60.2 Å². The highest BCUT2D eigenvalue weighted by molar-refractivity contribution is 6.09. The molecule has 3 aromatic carbocycles. The Morgan fingerprint density at radius 2 is 1.55 bits per heavy atom. The van der Waals surface area contributed by atoms with Crippen molar-refractivity contribution in [3.8, 4) is 0 Å². The molecule has 1 saturated carbocycles. The molecule has 3 aromatic rings. The molecule has 0 spiro atoms. The monoisotopic (exact) mass is 261 g/mol. The fraction of sp³-hybridized carbons (Fsp3) is 0.263. The SMILES string of the molecule is N[C@@H](CC1CC1)c1cc2ccccc2c2ccccc12. The van der Waals surface area contributed by atoms with Gasteiger partial charge in [0, 0.05) is 6.04 Å². The lowest BCUT2D eigenvalue weighted by molar-refractivity contribution is 0.601. The molecule has 1 aliphatic carbocycles. The summed E-state index contributed by atoms with van der Waals surface area (Å²) < 4.78 is 0. The number of nitrogens with two attached hydrogens (primary N) is 1. The molecule has 100 valence electrons. The average molecular weight is 261 g/mol. The van der Waals surface area contributed by atoms with E-state index in [1.54, 1.807) is 0 Å². The van der Waals surface area contributed by atoms with Gasteiger partial charge in [0.05, 0.1) is 0 Å². The summed E-state index contributed by atoms with van der Waals surface area (Å²) >= 11 is 0. The fourth-order valence-corrected chi connectivity index (χ4v) is 3.23. The van der Waals surface area contributed by atoms with E-state index in [1.165, 1.54) is 39.9 Å². The quantitative estimate of drug-likeness (QED) is 0.674. The maximum Gasteiger partial charge on any atom is 0.0303 e. The van der Waals surface area contributed by atoms with Gasteiger partial charge in [-0.25, -0.2) is 0 Å². The van der Waals surface area contributed by atoms with Gasteiger partial charge in [0.15, 0.2) is 0 Å². The van der Waals surface area contributed by atoms with Crippen molar-refractivity contribution in [1.82, 2.24) is 0 Å². The van der Waals surface area contributed by atoms with Crippen LogP contribution in [0.25, 0.3) is 21.5 Å². The smallest absolute Gasteiger partial charge is 0.0303 e. The molecule has 1 heteroatoms. The molecule has 0 bridgehead atoms. The Kier molecular flexibility index (Phi) is 2.75. The first kappa shape index (κ1) is 11.9. The van der Waals surface area contributed by atoms with Crippen LogP contribution in [0.15, 0.2) is 54.6 Å². The summed E-state index contributed by atoms with van der Waals surface area (Å²) in [5, 5.41) is 5.27. The standard InChI is InChI=1S/C19H19N/c20-19(11-13-9-10-13)18-12-14-5-1-2-6-15(14)16-7-3-4-8-17(16)18/h1-8,12-13,19H,9-11,20H2/t19-/m0/s1. The first-order valence-electron chi connectivity index (χ1n) is 7.49. The van der Waals surface area contributed by atoms with E-state index >= 15 is 0 Å². The third kappa shape index (κ3) is 1.99. The summed E-state index contributed by atoms with van der Waals surface area (Å²) in [6.07, 6.45) is 3.85. The van der Waals surface area contributed by atoms with Crippen molar-refractivity contribution in [2.75, 3.05) is 0 Å². The molecule has 0 saturated heterocycles. The normalized spacial score (nSPS) is 16.6. The number of benzene rings is 3. The maximum atomic E-state index is 6.49. The largest absolute Gasteiger partial charge is 0.324 e. The van der Waals surface area contributed by atoms with E-state index < -0.39 is 0 Å². The van der Waals surface area contributed by atoms with E-state index in [-0.39, 0.29) is 6.04 Å². The Hall–Kier alpha value is -1.86. The molecule has 20 heavy (non-hydrogen) atoms. The number of fused-ring (bicyclic) bond motifs is 3. The van der Waals surface area contributed by atoms with Gasteiger partial charge in [0.2, 0.25) is 0 Å². The Balaban J connectivity index is 1.96. The Labute approximate surface area is 119 Å². The molecule has 0 amide bonds. The predicted octanol–water partition coefficient (Wildman–Crippen LogP) is 4.79. The lowest BCUT2D eigenvalue weighted by Crippen LogP contribution is -2.11. The van der Waals surface area contributed by atoms with Crippen LogP contribution in [0, 0.1) is 5.92 Å². The van der Waals surface area contributed by atoms with Gasteiger partial charge in [-0.05, 0) is 45.5 Å². The van der Waals surface area contributed by atoms with Gasteiger partial charge in [-0.3, -0.25) is 0 Å². The molecule has 0 heterocycles. The van der Waals surface area contributed by atoms with E-state index in [9.17, 15) is 0 Å².